The van der Waals surface area contributed by atoms with E-state index in [0.717, 1.165) is 29.4 Å². The number of aliphatic hydroxyl groups excluding tert-OH is 1. The Hall–Kier alpha value is -4.89. The van der Waals surface area contributed by atoms with Crippen LogP contribution in [0.4, 0.5) is 0 Å². The average molecular weight is 575 g/mol. The third-order valence-corrected chi connectivity index (χ3v) is 5.83. The van der Waals surface area contributed by atoms with Crippen LogP contribution in [0.2, 0.25) is 0 Å². The van der Waals surface area contributed by atoms with Gasteiger partial charge in [0.2, 0.25) is 0 Å². The van der Waals surface area contributed by atoms with Crippen molar-refractivity contribution in [2.24, 2.45) is 0 Å². The number of hydrogen-bond acceptors (Lipinski definition) is 9. The molecule has 9 heteroatoms. The molecular formula is C33H34O9. The maximum Gasteiger partial charge on any atom is 0.343 e. The zero-order valence-corrected chi connectivity index (χ0v) is 23.3. The van der Waals surface area contributed by atoms with Gasteiger partial charge in [-0.3, -0.25) is 0 Å². The van der Waals surface area contributed by atoms with Crippen LogP contribution in [0, 0.1) is 0 Å². The normalized spacial score (nSPS) is 10.3. The first-order valence-corrected chi connectivity index (χ1v) is 13.4. The van der Waals surface area contributed by atoms with E-state index in [4.69, 9.17) is 28.8 Å². The fourth-order valence-electron chi connectivity index (χ4n) is 3.52. The summed E-state index contributed by atoms with van der Waals surface area (Å²) in [6, 6.07) is 21.4. The van der Waals surface area contributed by atoms with Gasteiger partial charge in [0, 0.05) is 12.5 Å². The van der Waals surface area contributed by atoms with Gasteiger partial charge in [0.25, 0.3) is 0 Å². The molecule has 0 saturated carbocycles. The van der Waals surface area contributed by atoms with Crippen molar-refractivity contribution in [1.82, 2.24) is 0 Å². The highest BCUT2D eigenvalue weighted by molar-refractivity contribution is 5.91. The number of aliphatic hydroxyl groups is 1. The van der Waals surface area contributed by atoms with Crippen molar-refractivity contribution in [2.75, 3.05) is 33.0 Å². The summed E-state index contributed by atoms with van der Waals surface area (Å²) in [5, 5.41) is 8.84. The number of ether oxygens (including phenoxy) is 5. The molecule has 0 aliphatic rings. The van der Waals surface area contributed by atoms with Crippen LogP contribution in [0.5, 0.6) is 17.2 Å². The van der Waals surface area contributed by atoms with Crippen LogP contribution in [0.3, 0.4) is 0 Å². The van der Waals surface area contributed by atoms with Crippen LogP contribution < -0.4 is 14.2 Å². The van der Waals surface area contributed by atoms with Crippen molar-refractivity contribution < 1.29 is 43.2 Å². The summed E-state index contributed by atoms with van der Waals surface area (Å²) >= 11 is 0. The molecule has 0 radical (unpaired) electrons. The minimum Gasteiger partial charge on any atom is -0.494 e. The molecule has 1 N–H and O–H groups in total. The molecule has 0 unspecified atom stereocenters. The van der Waals surface area contributed by atoms with Crippen molar-refractivity contribution in [2.45, 2.75) is 19.3 Å². The Morgan fingerprint density at radius 3 is 1.74 bits per heavy atom. The van der Waals surface area contributed by atoms with Gasteiger partial charge in [-0.25, -0.2) is 14.4 Å². The summed E-state index contributed by atoms with van der Waals surface area (Å²) < 4.78 is 26.7. The molecule has 220 valence electrons. The van der Waals surface area contributed by atoms with Gasteiger partial charge in [-0.2, -0.15) is 0 Å². The topological polar surface area (TPSA) is 118 Å². The third kappa shape index (κ3) is 10.6. The average Bonchev–Trinajstić information content (AvgIpc) is 3.02. The van der Waals surface area contributed by atoms with Crippen molar-refractivity contribution in [3.05, 3.63) is 103 Å². The third-order valence-electron chi connectivity index (χ3n) is 5.83. The molecule has 0 fully saturated rings. The summed E-state index contributed by atoms with van der Waals surface area (Å²) in [5.74, 6) is 0.173. The van der Waals surface area contributed by atoms with E-state index >= 15 is 0 Å². The second-order valence-corrected chi connectivity index (χ2v) is 8.99. The van der Waals surface area contributed by atoms with Crippen LogP contribution in [-0.2, 0) is 19.1 Å². The van der Waals surface area contributed by atoms with E-state index in [1.165, 1.54) is 0 Å². The van der Waals surface area contributed by atoms with E-state index in [1.54, 1.807) is 36.4 Å². The smallest absolute Gasteiger partial charge is 0.343 e. The lowest BCUT2D eigenvalue weighted by molar-refractivity contribution is -0.140. The molecule has 0 aliphatic heterocycles. The van der Waals surface area contributed by atoms with Gasteiger partial charge in [0.15, 0.2) is 0 Å². The Balaban J connectivity index is 1.39. The largest absolute Gasteiger partial charge is 0.494 e. The van der Waals surface area contributed by atoms with Crippen LogP contribution in [0.25, 0.3) is 11.1 Å². The minimum absolute atomic E-state index is 0.00173. The number of esters is 3. The summed E-state index contributed by atoms with van der Waals surface area (Å²) in [7, 11) is 0. The lowest BCUT2D eigenvalue weighted by atomic mass is 10.1. The van der Waals surface area contributed by atoms with E-state index in [1.807, 2.05) is 36.4 Å². The molecule has 3 aromatic rings. The molecule has 3 aromatic carbocycles. The quantitative estimate of drug-likeness (QED) is 0.0989. The molecular weight excluding hydrogens is 540 g/mol. The van der Waals surface area contributed by atoms with Crippen molar-refractivity contribution in [3.63, 3.8) is 0 Å². The Morgan fingerprint density at radius 2 is 1.17 bits per heavy atom. The van der Waals surface area contributed by atoms with Crippen LogP contribution >= 0.6 is 0 Å². The standard InChI is InChI=1S/C33H34O9/c1-3-31(35)40-20-5-4-19-38-28-13-7-25(8-14-28)26-9-17-30(18-10-26)42-33(37)27-11-15-29(16-12-27)39-21-6-22-41-32(36)24(2)23-34/h3,7-18,34H,1-2,4-6,19-23H2. The second kappa shape index (κ2) is 17.0. The molecule has 0 amide bonds. The lowest BCUT2D eigenvalue weighted by Gasteiger charge is -2.09. The van der Waals surface area contributed by atoms with E-state index in [2.05, 4.69) is 13.2 Å². The van der Waals surface area contributed by atoms with Gasteiger partial charge >= 0.3 is 17.9 Å². The number of hydrogen-bond donors (Lipinski definition) is 1. The number of unbranched alkanes of at least 4 members (excludes halogenated alkanes) is 1. The van der Waals surface area contributed by atoms with Gasteiger partial charge in [-0.1, -0.05) is 37.4 Å². The fourth-order valence-corrected chi connectivity index (χ4v) is 3.52. The predicted molar refractivity (Wildman–Crippen MR) is 156 cm³/mol. The molecule has 0 aliphatic carbocycles. The van der Waals surface area contributed by atoms with E-state index in [-0.39, 0.29) is 12.2 Å². The maximum absolute atomic E-state index is 12.6. The van der Waals surface area contributed by atoms with Gasteiger partial charge in [-0.15, -0.1) is 0 Å². The predicted octanol–water partition coefficient (Wildman–Crippen LogP) is 5.32. The molecule has 0 spiro atoms. The number of benzene rings is 3. The number of carbonyl (C=O) groups excluding carboxylic acids is 3. The zero-order valence-electron chi connectivity index (χ0n) is 23.3. The molecule has 42 heavy (non-hydrogen) atoms. The molecule has 0 atom stereocenters. The van der Waals surface area contributed by atoms with Gasteiger partial charge in [0.05, 0.1) is 44.2 Å². The first-order chi connectivity index (χ1) is 20.4. The second-order valence-electron chi connectivity index (χ2n) is 8.99. The molecule has 0 aromatic heterocycles. The highest BCUT2D eigenvalue weighted by atomic mass is 16.5. The molecule has 0 heterocycles. The van der Waals surface area contributed by atoms with Gasteiger partial charge < -0.3 is 28.8 Å². The van der Waals surface area contributed by atoms with Gasteiger partial charge in [-0.05, 0) is 72.5 Å². The Labute approximate surface area is 244 Å². The number of carbonyl (C=O) groups is 3. The van der Waals surface area contributed by atoms with Crippen LogP contribution in [-0.4, -0.2) is 56.0 Å². The zero-order chi connectivity index (χ0) is 30.2. The Morgan fingerprint density at radius 1 is 0.667 bits per heavy atom. The van der Waals surface area contributed by atoms with E-state index in [9.17, 15) is 14.4 Å². The van der Waals surface area contributed by atoms with Crippen molar-refractivity contribution in [1.29, 1.82) is 0 Å². The Kier molecular flexibility index (Phi) is 12.8. The summed E-state index contributed by atoms with van der Waals surface area (Å²) in [6.07, 6.45) is 3.07. The lowest BCUT2D eigenvalue weighted by Crippen LogP contribution is -2.12. The summed E-state index contributed by atoms with van der Waals surface area (Å²) in [6.45, 7) is 7.62. The maximum atomic E-state index is 12.6. The minimum atomic E-state index is -0.634. The fraction of sp³-hybridized carbons (Fsp3) is 0.242. The highest BCUT2D eigenvalue weighted by Gasteiger charge is 2.10. The highest BCUT2D eigenvalue weighted by Crippen LogP contribution is 2.25. The van der Waals surface area contributed by atoms with Gasteiger partial charge in [0.1, 0.15) is 17.2 Å². The van der Waals surface area contributed by atoms with E-state index < -0.39 is 24.5 Å². The van der Waals surface area contributed by atoms with E-state index in [0.29, 0.717) is 49.7 Å². The molecule has 3 rings (SSSR count). The number of rotatable bonds is 17. The first kappa shape index (κ1) is 31.6. The first-order valence-electron chi connectivity index (χ1n) is 13.4. The van der Waals surface area contributed by atoms with Crippen LogP contribution in [0.1, 0.15) is 29.6 Å². The summed E-state index contributed by atoms with van der Waals surface area (Å²) in [5.41, 5.74) is 2.32. The molecule has 0 saturated heterocycles. The van der Waals surface area contributed by atoms with Crippen LogP contribution in [0.15, 0.2) is 97.6 Å². The Bertz CT molecular complexity index is 1330. The van der Waals surface area contributed by atoms with Crippen molar-refractivity contribution >= 4 is 17.9 Å². The van der Waals surface area contributed by atoms with Crippen molar-refractivity contribution in [3.8, 4) is 28.4 Å². The molecule has 9 nitrogen and oxygen atoms in total. The molecule has 0 bridgehead atoms. The summed E-state index contributed by atoms with van der Waals surface area (Å²) in [4.78, 5) is 35.0. The monoisotopic (exact) mass is 574 g/mol. The SMILES string of the molecule is C=CC(=O)OCCCCOc1ccc(-c2ccc(OC(=O)c3ccc(OCCCOC(=O)C(=C)CO)cc3)cc2)cc1.